The van der Waals surface area contributed by atoms with Gasteiger partial charge in [0.2, 0.25) is 5.91 Å². The van der Waals surface area contributed by atoms with Gasteiger partial charge in [0, 0.05) is 4.88 Å². The zero-order valence-corrected chi connectivity index (χ0v) is 15.4. The number of hydrogen-bond donors (Lipinski definition) is 3. The number of carbonyl (C=O) groups is 2. The van der Waals surface area contributed by atoms with Gasteiger partial charge < -0.3 is 10.7 Å². The second-order valence-corrected chi connectivity index (χ2v) is 7.77. The van der Waals surface area contributed by atoms with E-state index in [-0.39, 0.29) is 11.3 Å². The number of nitrogens with one attached hydrogen (secondary N) is 2. The lowest BCUT2D eigenvalue weighted by Crippen LogP contribution is -2.36. The minimum Gasteiger partial charge on any atom is -0.351 e. The lowest BCUT2D eigenvalue weighted by molar-refractivity contribution is -0.117. The molecule has 2 aromatic heterocycles. The third-order valence-corrected chi connectivity index (χ3v) is 5.61. The third-order valence-electron chi connectivity index (χ3n) is 3.69. The summed E-state index contributed by atoms with van der Waals surface area (Å²) in [7, 11) is 0. The van der Waals surface area contributed by atoms with Crippen LogP contribution in [0.2, 0.25) is 0 Å². The van der Waals surface area contributed by atoms with Crippen molar-refractivity contribution in [2.45, 2.75) is 38.8 Å². The van der Waals surface area contributed by atoms with Gasteiger partial charge in [-0.25, -0.2) is 9.78 Å². The first-order chi connectivity index (χ1) is 11.3. The van der Waals surface area contributed by atoms with Crippen molar-refractivity contribution in [3.63, 3.8) is 0 Å². The lowest BCUT2D eigenvalue weighted by Gasteiger charge is -2.08. The highest BCUT2D eigenvalue weighted by Gasteiger charge is 2.17. The molecule has 0 aliphatic carbocycles. The summed E-state index contributed by atoms with van der Waals surface area (Å²) in [5.41, 5.74) is 5.74. The van der Waals surface area contributed by atoms with E-state index in [4.69, 9.17) is 5.73 Å². The highest BCUT2D eigenvalue weighted by Crippen LogP contribution is 2.30. The van der Waals surface area contributed by atoms with Crippen molar-refractivity contribution in [3.05, 3.63) is 20.8 Å². The molecule has 130 valence electrons. The van der Waals surface area contributed by atoms with Gasteiger partial charge in [0.15, 0.2) is 5.16 Å². The van der Waals surface area contributed by atoms with Crippen LogP contribution in [-0.4, -0.2) is 27.7 Å². The fourth-order valence-corrected chi connectivity index (χ4v) is 4.04. The number of primary amides is 1. The molecular formula is C15H20N4O3S2. The van der Waals surface area contributed by atoms with E-state index in [9.17, 15) is 14.4 Å². The van der Waals surface area contributed by atoms with Crippen LogP contribution in [0.15, 0.2) is 9.95 Å². The van der Waals surface area contributed by atoms with Gasteiger partial charge in [-0.1, -0.05) is 32.0 Å². The maximum atomic E-state index is 12.4. The maximum Gasteiger partial charge on any atom is 0.318 e. The molecule has 9 heteroatoms. The zero-order valence-electron chi connectivity index (χ0n) is 13.8. The van der Waals surface area contributed by atoms with E-state index in [1.165, 1.54) is 11.3 Å². The molecule has 2 rings (SSSR count). The molecule has 24 heavy (non-hydrogen) atoms. The summed E-state index contributed by atoms with van der Waals surface area (Å²) in [6.07, 6.45) is 1.89. The van der Waals surface area contributed by atoms with Crippen LogP contribution in [0.4, 0.5) is 4.79 Å². The molecule has 0 aliphatic heterocycles. The third kappa shape index (κ3) is 4.35. The van der Waals surface area contributed by atoms with E-state index in [0.717, 1.165) is 35.0 Å². The standard InChI is InChI=1S/C15H20N4O3S2/c1-4-7(2)5-9-8(3)24-13-11(9)12(21)18-15(19-13)23-6-10(20)17-14(16)22/h7H,4-6H2,1-3H3,(H,18,19,21)(H3,16,17,20,22)/t7-/m0/s1. The molecule has 3 amide bonds. The van der Waals surface area contributed by atoms with E-state index in [0.29, 0.717) is 21.3 Å². The number of thioether (sulfide) groups is 1. The van der Waals surface area contributed by atoms with E-state index in [1.807, 2.05) is 12.2 Å². The van der Waals surface area contributed by atoms with Crippen molar-refractivity contribution in [2.24, 2.45) is 11.7 Å². The molecule has 2 heterocycles. The number of aromatic nitrogens is 2. The Hall–Kier alpha value is -1.87. The van der Waals surface area contributed by atoms with Crippen LogP contribution in [0.1, 0.15) is 30.7 Å². The summed E-state index contributed by atoms with van der Waals surface area (Å²) in [4.78, 5) is 43.4. The Morgan fingerprint density at radius 1 is 1.46 bits per heavy atom. The first-order valence-corrected chi connectivity index (χ1v) is 9.36. The van der Waals surface area contributed by atoms with Gasteiger partial charge in [0.1, 0.15) is 4.83 Å². The molecule has 0 saturated carbocycles. The van der Waals surface area contributed by atoms with Gasteiger partial charge in [-0.3, -0.25) is 14.9 Å². The molecular weight excluding hydrogens is 348 g/mol. The zero-order chi connectivity index (χ0) is 17.9. The van der Waals surface area contributed by atoms with Crippen molar-refractivity contribution in [1.82, 2.24) is 15.3 Å². The summed E-state index contributed by atoms with van der Waals surface area (Å²) >= 11 is 2.54. The molecule has 2 aromatic rings. The van der Waals surface area contributed by atoms with E-state index >= 15 is 0 Å². The Bertz CT molecular complexity index is 828. The Morgan fingerprint density at radius 2 is 2.17 bits per heavy atom. The number of nitrogens with zero attached hydrogens (tertiary/aromatic N) is 1. The van der Waals surface area contributed by atoms with Gasteiger partial charge >= 0.3 is 6.03 Å². The van der Waals surface area contributed by atoms with Crippen LogP contribution < -0.4 is 16.6 Å². The number of amides is 3. The first-order valence-electron chi connectivity index (χ1n) is 7.56. The minimum absolute atomic E-state index is 0.0541. The number of H-pyrrole nitrogens is 1. The monoisotopic (exact) mass is 368 g/mol. The molecule has 7 nitrogen and oxygen atoms in total. The van der Waals surface area contributed by atoms with Gasteiger partial charge in [-0.15, -0.1) is 11.3 Å². The molecule has 0 bridgehead atoms. The Balaban J connectivity index is 2.26. The van der Waals surface area contributed by atoms with Gasteiger partial charge in [0.05, 0.1) is 11.1 Å². The number of rotatable bonds is 6. The molecule has 0 unspecified atom stereocenters. The smallest absolute Gasteiger partial charge is 0.318 e. The Labute approximate surface area is 147 Å². The lowest BCUT2D eigenvalue weighted by atomic mass is 9.98. The fraction of sp³-hybridized carbons (Fsp3) is 0.467. The van der Waals surface area contributed by atoms with Gasteiger partial charge in [-0.05, 0) is 24.8 Å². The van der Waals surface area contributed by atoms with Crippen molar-refractivity contribution in [3.8, 4) is 0 Å². The summed E-state index contributed by atoms with van der Waals surface area (Å²) in [6.45, 7) is 6.28. The molecule has 0 aliphatic rings. The van der Waals surface area contributed by atoms with E-state index < -0.39 is 11.9 Å². The predicted molar refractivity (Wildman–Crippen MR) is 96.6 cm³/mol. The maximum absolute atomic E-state index is 12.4. The van der Waals surface area contributed by atoms with E-state index in [2.05, 4.69) is 23.8 Å². The summed E-state index contributed by atoms with van der Waals surface area (Å²) in [5.74, 6) is -0.0934. The van der Waals surface area contributed by atoms with Crippen molar-refractivity contribution < 1.29 is 9.59 Å². The summed E-state index contributed by atoms with van der Waals surface area (Å²) in [6, 6.07) is -0.902. The van der Waals surface area contributed by atoms with Crippen LogP contribution in [0, 0.1) is 12.8 Å². The largest absolute Gasteiger partial charge is 0.351 e. The highest BCUT2D eigenvalue weighted by molar-refractivity contribution is 7.99. The number of thiophene rings is 1. The number of nitrogens with two attached hydrogens (primary N) is 1. The number of hydrogen-bond acceptors (Lipinski definition) is 6. The molecule has 0 saturated heterocycles. The average Bonchev–Trinajstić information content (AvgIpc) is 2.80. The fourth-order valence-electron chi connectivity index (χ4n) is 2.27. The molecule has 1 atom stereocenters. The first kappa shape index (κ1) is 18.5. The molecule has 0 aromatic carbocycles. The number of fused-ring (bicyclic) bond motifs is 1. The quantitative estimate of drug-likeness (QED) is 0.533. The molecule has 0 spiro atoms. The van der Waals surface area contributed by atoms with Crippen molar-refractivity contribution in [1.29, 1.82) is 0 Å². The van der Waals surface area contributed by atoms with E-state index in [1.54, 1.807) is 0 Å². The SMILES string of the molecule is CC[C@H](C)Cc1c(C)sc2nc(SCC(=O)NC(N)=O)[nH]c(=O)c12. The normalized spacial score (nSPS) is 12.3. The van der Waals surface area contributed by atoms with Crippen LogP contribution >= 0.6 is 23.1 Å². The van der Waals surface area contributed by atoms with Crippen molar-refractivity contribution in [2.75, 3.05) is 5.75 Å². The van der Waals surface area contributed by atoms with Crippen molar-refractivity contribution >= 4 is 45.3 Å². The van der Waals surface area contributed by atoms with Crippen LogP contribution in [-0.2, 0) is 11.2 Å². The van der Waals surface area contributed by atoms with Gasteiger partial charge in [-0.2, -0.15) is 0 Å². The Kier molecular flexibility index (Phi) is 6.00. The number of urea groups is 1. The second kappa shape index (κ2) is 7.80. The predicted octanol–water partition coefficient (Wildman–Crippen LogP) is 2.17. The van der Waals surface area contributed by atoms with Gasteiger partial charge in [0.25, 0.3) is 5.56 Å². The Morgan fingerprint density at radius 3 is 2.79 bits per heavy atom. The average molecular weight is 368 g/mol. The molecule has 0 fully saturated rings. The summed E-state index contributed by atoms with van der Waals surface area (Å²) < 4.78 is 0. The number of aryl methyl sites for hydroxylation is 1. The second-order valence-electron chi connectivity index (χ2n) is 5.61. The van der Waals surface area contributed by atoms with Crippen LogP contribution in [0.5, 0.6) is 0 Å². The van der Waals surface area contributed by atoms with Crippen LogP contribution in [0.3, 0.4) is 0 Å². The molecule has 4 N–H and O–H groups in total. The van der Waals surface area contributed by atoms with Crippen LogP contribution in [0.25, 0.3) is 10.2 Å². The number of carbonyl (C=O) groups excluding carboxylic acids is 2. The highest BCUT2D eigenvalue weighted by atomic mass is 32.2. The molecule has 0 radical (unpaired) electrons. The number of aromatic amines is 1. The summed E-state index contributed by atoms with van der Waals surface area (Å²) in [5, 5.41) is 2.96. The number of imide groups is 1. The topological polar surface area (TPSA) is 118 Å². The minimum atomic E-state index is -0.902.